The number of halogens is 5. The lowest BCUT2D eigenvalue weighted by Gasteiger charge is -2.07. The molecular weight excluding hydrogens is 343 g/mol. The number of carbonyl (C=O) groups is 1. The summed E-state index contributed by atoms with van der Waals surface area (Å²) in [6.45, 7) is 1.82. The Kier molecular flexibility index (Phi) is 9.16. The molecule has 0 heterocycles. The summed E-state index contributed by atoms with van der Waals surface area (Å²) in [5, 5.41) is 0. The molecule has 25 heavy (non-hydrogen) atoms. The number of unbranched alkanes of at least 4 members (excludes halogenated alkanes) is 6. The van der Waals surface area contributed by atoms with Gasteiger partial charge in [0.25, 0.3) is 0 Å². The Morgan fingerprint density at radius 3 is 1.92 bits per heavy atom. The first-order valence-corrected chi connectivity index (χ1v) is 8.25. The maximum Gasteiger partial charge on any atom is 0.344 e. The van der Waals surface area contributed by atoms with Gasteiger partial charge in [-0.3, -0.25) is 0 Å². The molecule has 0 saturated heterocycles. The Morgan fingerprint density at radius 1 is 0.800 bits per heavy atom. The van der Waals surface area contributed by atoms with Crippen LogP contribution in [0.2, 0.25) is 0 Å². The second kappa shape index (κ2) is 10.8. The number of benzene rings is 1. The van der Waals surface area contributed by atoms with Gasteiger partial charge in [-0.1, -0.05) is 51.2 Å². The van der Waals surface area contributed by atoms with E-state index in [0.717, 1.165) is 25.7 Å². The standard InChI is InChI=1S/C18H21F5O2/c1-2-3-4-5-6-7-8-9-10-11-25-18(24)12-13(19)15(21)17(23)16(22)14(12)20/h9-10H,2-8,11H2,1H3/b10-9+. The summed E-state index contributed by atoms with van der Waals surface area (Å²) >= 11 is 0. The molecule has 0 fully saturated rings. The van der Waals surface area contributed by atoms with Crippen molar-refractivity contribution in [3.05, 3.63) is 46.8 Å². The fourth-order valence-corrected chi connectivity index (χ4v) is 2.21. The van der Waals surface area contributed by atoms with Gasteiger partial charge in [0, 0.05) is 0 Å². The van der Waals surface area contributed by atoms with Crippen molar-refractivity contribution in [3.63, 3.8) is 0 Å². The minimum atomic E-state index is -2.31. The third-order valence-corrected chi connectivity index (χ3v) is 3.62. The van der Waals surface area contributed by atoms with Gasteiger partial charge in [-0.15, -0.1) is 0 Å². The zero-order valence-electron chi connectivity index (χ0n) is 14.0. The first-order chi connectivity index (χ1) is 11.9. The highest BCUT2D eigenvalue weighted by atomic mass is 19.2. The second-order valence-corrected chi connectivity index (χ2v) is 5.57. The van der Waals surface area contributed by atoms with E-state index in [9.17, 15) is 26.7 Å². The Balaban J connectivity index is 2.44. The number of hydrogen-bond acceptors (Lipinski definition) is 2. The fourth-order valence-electron chi connectivity index (χ4n) is 2.21. The van der Waals surface area contributed by atoms with Crippen LogP contribution in [-0.2, 0) is 4.74 Å². The van der Waals surface area contributed by atoms with Crippen molar-refractivity contribution >= 4 is 5.97 Å². The molecule has 0 aliphatic heterocycles. The molecule has 0 amide bonds. The number of hydrogen-bond donors (Lipinski definition) is 0. The molecule has 2 nitrogen and oxygen atoms in total. The summed E-state index contributed by atoms with van der Waals surface area (Å²) in [5.41, 5.74) is -1.58. The summed E-state index contributed by atoms with van der Waals surface area (Å²) in [4.78, 5) is 11.5. The molecule has 0 N–H and O–H groups in total. The number of esters is 1. The van der Waals surface area contributed by atoms with Crippen molar-refractivity contribution in [1.82, 2.24) is 0 Å². The van der Waals surface area contributed by atoms with E-state index >= 15 is 0 Å². The smallest absolute Gasteiger partial charge is 0.344 e. The van der Waals surface area contributed by atoms with Crippen molar-refractivity contribution in [1.29, 1.82) is 0 Å². The molecule has 0 spiro atoms. The summed E-state index contributed by atoms with van der Waals surface area (Å²) in [6.07, 6.45) is 10.7. The molecule has 7 heteroatoms. The van der Waals surface area contributed by atoms with Crippen molar-refractivity contribution < 1.29 is 31.5 Å². The summed E-state index contributed by atoms with van der Waals surface area (Å²) < 4.78 is 70.3. The highest BCUT2D eigenvalue weighted by Crippen LogP contribution is 2.23. The van der Waals surface area contributed by atoms with E-state index < -0.39 is 40.6 Å². The largest absolute Gasteiger partial charge is 0.458 e. The average molecular weight is 364 g/mol. The summed E-state index contributed by atoms with van der Waals surface area (Å²) in [7, 11) is 0. The van der Waals surface area contributed by atoms with Gasteiger partial charge < -0.3 is 4.74 Å². The van der Waals surface area contributed by atoms with Gasteiger partial charge in [-0.25, -0.2) is 26.7 Å². The minimum absolute atomic E-state index is 0.311. The molecule has 0 saturated carbocycles. The first-order valence-electron chi connectivity index (χ1n) is 8.25. The van der Waals surface area contributed by atoms with E-state index in [1.54, 1.807) is 6.08 Å². The van der Waals surface area contributed by atoms with E-state index in [0.29, 0.717) is 0 Å². The van der Waals surface area contributed by atoms with Gasteiger partial charge in [0.2, 0.25) is 5.82 Å². The molecule has 0 bridgehead atoms. The molecule has 1 aromatic carbocycles. The Bertz CT molecular complexity index is 585. The predicted octanol–water partition coefficient (Wildman–Crippen LogP) is 5.85. The van der Waals surface area contributed by atoms with Crippen LogP contribution in [0.15, 0.2) is 12.2 Å². The van der Waals surface area contributed by atoms with E-state index in [1.165, 1.54) is 25.3 Å². The number of ether oxygens (including phenoxy) is 1. The number of allylic oxidation sites excluding steroid dienone is 1. The fraction of sp³-hybridized carbons (Fsp3) is 0.500. The van der Waals surface area contributed by atoms with E-state index in [1.807, 2.05) is 0 Å². The quantitative estimate of drug-likeness (QED) is 0.130. The van der Waals surface area contributed by atoms with Crippen LogP contribution >= 0.6 is 0 Å². The topological polar surface area (TPSA) is 26.3 Å². The zero-order valence-corrected chi connectivity index (χ0v) is 14.0. The Labute approximate surface area is 143 Å². The van der Waals surface area contributed by atoms with Crippen LogP contribution in [0.3, 0.4) is 0 Å². The van der Waals surface area contributed by atoms with Crippen LogP contribution in [0.4, 0.5) is 22.0 Å². The third-order valence-electron chi connectivity index (χ3n) is 3.62. The molecule has 0 radical (unpaired) electrons. The predicted molar refractivity (Wildman–Crippen MR) is 83.6 cm³/mol. The van der Waals surface area contributed by atoms with E-state index in [-0.39, 0.29) is 6.61 Å². The summed E-state index contributed by atoms with van der Waals surface area (Å²) in [6, 6.07) is 0. The minimum Gasteiger partial charge on any atom is -0.458 e. The molecule has 0 aliphatic carbocycles. The second-order valence-electron chi connectivity index (χ2n) is 5.57. The Morgan fingerprint density at radius 2 is 1.32 bits per heavy atom. The van der Waals surface area contributed by atoms with Crippen molar-refractivity contribution in [2.24, 2.45) is 0 Å². The highest BCUT2D eigenvalue weighted by Gasteiger charge is 2.30. The maximum atomic E-state index is 13.4. The van der Waals surface area contributed by atoms with Gasteiger partial charge in [-0.2, -0.15) is 0 Å². The van der Waals surface area contributed by atoms with Gasteiger partial charge in [0.05, 0.1) is 0 Å². The van der Waals surface area contributed by atoms with Crippen LogP contribution in [0.1, 0.15) is 62.2 Å². The SMILES string of the molecule is CCCCCCCC/C=C/COC(=O)c1c(F)c(F)c(F)c(F)c1F. The van der Waals surface area contributed by atoms with Gasteiger partial charge in [-0.05, 0) is 12.8 Å². The molecule has 140 valence electrons. The lowest BCUT2D eigenvalue weighted by atomic mass is 10.1. The average Bonchev–Trinajstić information content (AvgIpc) is 2.60. The third kappa shape index (κ3) is 6.14. The number of rotatable bonds is 10. The van der Waals surface area contributed by atoms with Gasteiger partial charge >= 0.3 is 5.97 Å². The molecule has 0 aliphatic rings. The van der Waals surface area contributed by atoms with E-state index in [4.69, 9.17) is 0 Å². The maximum absolute atomic E-state index is 13.4. The lowest BCUT2D eigenvalue weighted by Crippen LogP contribution is -2.15. The summed E-state index contributed by atoms with van der Waals surface area (Å²) in [5.74, 6) is -12.7. The monoisotopic (exact) mass is 364 g/mol. The van der Waals surface area contributed by atoms with Crippen LogP contribution in [-0.4, -0.2) is 12.6 Å². The first kappa shape index (κ1) is 21.1. The molecule has 0 atom stereocenters. The van der Waals surface area contributed by atoms with Crippen LogP contribution in [0.5, 0.6) is 0 Å². The van der Waals surface area contributed by atoms with Crippen LogP contribution < -0.4 is 0 Å². The Hall–Kier alpha value is -1.92. The van der Waals surface area contributed by atoms with Gasteiger partial charge in [0.15, 0.2) is 23.3 Å². The van der Waals surface area contributed by atoms with Crippen molar-refractivity contribution in [3.8, 4) is 0 Å². The normalized spacial score (nSPS) is 11.3. The molecule has 1 rings (SSSR count). The van der Waals surface area contributed by atoms with Crippen molar-refractivity contribution in [2.75, 3.05) is 6.61 Å². The lowest BCUT2D eigenvalue weighted by molar-refractivity contribution is 0.0534. The molecule has 0 aromatic heterocycles. The van der Waals surface area contributed by atoms with Crippen molar-refractivity contribution in [2.45, 2.75) is 51.9 Å². The number of carbonyl (C=O) groups excluding carboxylic acids is 1. The molecule has 1 aromatic rings. The molecule has 0 unspecified atom stereocenters. The van der Waals surface area contributed by atoms with Crippen LogP contribution in [0.25, 0.3) is 0 Å². The highest BCUT2D eigenvalue weighted by molar-refractivity contribution is 5.90. The molecular formula is C18H21F5O2. The van der Waals surface area contributed by atoms with Gasteiger partial charge in [0.1, 0.15) is 12.2 Å². The van der Waals surface area contributed by atoms with E-state index in [2.05, 4.69) is 11.7 Å². The zero-order chi connectivity index (χ0) is 18.8. The van der Waals surface area contributed by atoms with Crippen LogP contribution in [0, 0.1) is 29.1 Å².